The molecule has 0 aromatic heterocycles. The van der Waals surface area contributed by atoms with E-state index in [0.717, 1.165) is 23.8 Å². The summed E-state index contributed by atoms with van der Waals surface area (Å²) in [5, 5.41) is 2.65. The molecule has 8 heteroatoms. The fourth-order valence-corrected chi connectivity index (χ4v) is 2.29. The van der Waals surface area contributed by atoms with E-state index < -0.39 is 29.7 Å². The van der Waals surface area contributed by atoms with E-state index in [0.29, 0.717) is 11.3 Å². The zero-order valence-corrected chi connectivity index (χ0v) is 15.8. The van der Waals surface area contributed by atoms with Crippen LogP contribution >= 0.6 is 0 Å². The average molecular weight is 407 g/mol. The molecular formula is C21H20F3NO4. The molecule has 0 aliphatic heterocycles. The second-order valence-electron chi connectivity index (χ2n) is 6.10. The van der Waals surface area contributed by atoms with Crippen molar-refractivity contribution in [2.45, 2.75) is 25.7 Å². The first-order valence-electron chi connectivity index (χ1n) is 8.65. The number of methoxy groups -OCH3 is 1. The van der Waals surface area contributed by atoms with Crippen LogP contribution in [0.25, 0.3) is 6.08 Å². The van der Waals surface area contributed by atoms with Gasteiger partial charge in [0.15, 0.2) is 6.10 Å². The van der Waals surface area contributed by atoms with Crippen LogP contribution in [-0.2, 0) is 27.0 Å². The number of amides is 1. The zero-order valence-electron chi connectivity index (χ0n) is 15.8. The molecule has 0 spiro atoms. The first kappa shape index (κ1) is 22.0. The van der Waals surface area contributed by atoms with Crippen molar-refractivity contribution in [2.75, 3.05) is 7.11 Å². The fourth-order valence-electron chi connectivity index (χ4n) is 2.29. The normalized spacial score (nSPS) is 12.4. The minimum Gasteiger partial charge on any atom is -0.497 e. The highest BCUT2D eigenvalue weighted by Gasteiger charge is 2.29. The quantitative estimate of drug-likeness (QED) is 0.557. The number of alkyl halides is 3. The number of halogens is 3. The minimum atomic E-state index is -4.42. The molecule has 0 radical (unpaired) electrons. The van der Waals surface area contributed by atoms with Gasteiger partial charge in [-0.25, -0.2) is 4.79 Å². The number of ether oxygens (including phenoxy) is 2. The number of rotatable bonds is 7. The lowest BCUT2D eigenvalue weighted by molar-refractivity contribution is -0.150. The summed E-state index contributed by atoms with van der Waals surface area (Å²) in [5.41, 5.74) is 0.464. The molecule has 0 bridgehead atoms. The van der Waals surface area contributed by atoms with Crippen LogP contribution in [0.2, 0.25) is 0 Å². The maximum Gasteiger partial charge on any atom is 0.416 e. The Morgan fingerprint density at radius 1 is 1.07 bits per heavy atom. The van der Waals surface area contributed by atoms with Gasteiger partial charge in [0.2, 0.25) is 0 Å². The molecule has 0 heterocycles. The number of carbonyl (C=O) groups excluding carboxylic acids is 2. The van der Waals surface area contributed by atoms with Gasteiger partial charge in [0, 0.05) is 12.6 Å². The number of nitrogens with one attached hydrogen (secondary N) is 1. The predicted octanol–water partition coefficient (Wildman–Crippen LogP) is 3.98. The molecule has 1 atom stereocenters. The number of hydrogen-bond donors (Lipinski definition) is 1. The average Bonchev–Trinajstić information content (AvgIpc) is 2.70. The SMILES string of the molecule is COc1ccc(CNC(=O)[C@@H](C)OC(=O)/C=C/c2ccc(C(F)(F)F)cc2)cc1. The molecule has 0 aliphatic carbocycles. The second kappa shape index (κ2) is 9.77. The molecule has 0 fully saturated rings. The van der Waals surface area contributed by atoms with Crippen molar-refractivity contribution in [2.24, 2.45) is 0 Å². The van der Waals surface area contributed by atoms with Crippen LogP contribution in [0.4, 0.5) is 13.2 Å². The van der Waals surface area contributed by atoms with E-state index in [1.807, 2.05) is 0 Å². The summed E-state index contributed by atoms with van der Waals surface area (Å²) >= 11 is 0. The van der Waals surface area contributed by atoms with Gasteiger partial charge in [0.1, 0.15) is 5.75 Å². The van der Waals surface area contributed by atoms with Crippen LogP contribution in [0.15, 0.2) is 54.6 Å². The van der Waals surface area contributed by atoms with Crippen molar-refractivity contribution in [3.05, 3.63) is 71.3 Å². The van der Waals surface area contributed by atoms with E-state index in [1.165, 1.54) is 25.1 Å². The van der Waals surface area contributed by atoms with Gasteiger partial charge in [-0.05, 0) is 48.4 Å². The van der Waals surface area contributed by atoms with Crippen molar-refractivity contribution in [1.29, 1.82) is 0 Å². The molecule has 1 amide bonds. The lowest BCUT2D eigenvalue weighted by Gasteiger charge is -2.12. The standard InChI is InChI=1S/C21H20F3NO4/c1-14(20(27)25-13-16-5-10-18(28-2)11-6-16)29-19(26)12-7-15-3-8-17(9-4-15)21(22,23)24/h3-12,14H,13H2,1-2H3,(H,25,27)/b12-7+/t14-/m1/s1. The first-order chi connectivity index (χ1) is 13.7. The third-order valence-electron chi connectivity index (χ3n) is 3.94. The molecule has 2 rings (SSSR count). The van der Waals surface area contributed by atoms with Crippen LogP contribution in [0.3, 0.4) is 0 Å². The summed E-state index contributed by atoms with van der Waals surface area (Å²) in [5.74, 6) is -0.559. The first-order valence-corrected chi connectivity index (χ1v) is 8.65. The summed E-state index contributed by atoms with van der Waals surface area (Å²) in [7, 11) is 1.55. The van der Waals surface area contributed by atoms with Gasteiger partial charge in [-0.1, -0.05) is 24.3 Å². The molecule has 2 aromatic carbocycles. The Balaban J connectivity index is 1.82. The maximum atomic E-state index is 12.5. The Morgan fingerprint density at radius 2 is 1.69 bits per heavy atom. The van der Waals surface area contributed by atoms with Crippen molar-refractivity contribution < 1.29 is 32.2 Å². The highest BCUT2D eigenvalue weighted by molar-refractivity contribution is 5.90. The molecule has 5 nitrogen and oxygen atoms in total. The molecular weight excluding hydrogens is 387 g/mol. The number of carbonyl (C=O) groups is 2. The van der Waals surface area contributed by atoms with Gasteiger partial charge in [-0.3, -0.25) is 4.79 Å². The Labute approximate surface area is 166 Å². The molecule has 0 saturated carbocycles. The van der Waals surface area contributed by atoms with Crippen molar-refractivity contribution >= 4 is 18.0 Å². The predicted molar refractivity (Wildman–Crippen MR) is 101 cm³/mol. The molecule has 0 aliphatic rings. The van der Waals surface area contributed by atoms with E-state index in [9.17, 15) is 22.8 Å². The van der Waals surface area contributed by atoms with Gasteiger partial charge < -0.3 is 14.8 Å². The highest BCUT2D eigenvalue weighted by Crippen LogP contribution is 2.29. The largest absolute Gasteiger partial charge is 0.497 e. The van der Waals surface area contributed by atoms with Gasteiger partial charge in [0.05, 0.1) is 12.7 Å². The van der Waals surface area contributed by atoms with Gasteiger partial charge in [0.25, 0.3) is 5.91 Å². The molecule has 29 heavy (non-hydrogen) atoms. The Hall–Kier alpha value is -3.29. The summed E-state index contributed by atoms with van der Waals surface area (Å²) in [4.78, 5) is 23.9. The Kier molecular flexibility index (Phi) is 7.41. The maximum absolute atomic E-state index is 12.5. The van der Waals surface area contributed by atoms with Crippen LogP contribution in [-0.4, -0.2) is 25.1 Å². The summed E-state index contributed by atoms with van der Waals surface area (Å²) < 4.78 is 47.6. The van der Waals surface area contributed by atoms with Crippen molar-refractivity contribution in [3.8, 4) is 5.75 Å². The molecule has 2 aromatic rings. The van der Waals surface area contributed by atoms with Crippen molar-refractivity contribution in [3.63, 3.8) is 0 Å². The van der Waals surface area contributed by atoms with Gasteiger partial charge in [-0.2, -0.15) is 13.2 Å². The molecule has 154 valence electrons. The summed E-state index contributed by atoms with van der Waals surface area (Å²) in [6, 6.07) is 11.4. The lowest BCUT2D eigenvalue weighted by Crippen LogP contribution is -2.35. The molecule has 1 N–H and O–H groups in total. The summed E-state index contributed by atoms with van der Waals surface area (Å²) in [6.07, 6.45) is -3.09. The Morgan fingerprint density at radius 3 is 2.24 bits per heavy atom. The number of hydrogen-bond acceptors (Lipinski definition) is 4. The highest BCUT2D eigenvalue weighted by atomic mass is 19.4. The number of benzene rings is 2. The zero-order chi connectivity index (χ0) is 21.4. The van der Waals surface area contributed by atoms with Crippen molar-refractivity contribution in [1.82, 2.24) is 5.32 Å². The van der Waals surface area contributed by atoms with Crippen LogP contribution in [0.1, 0.15) is 23.6 Å². The van der Waals surface area contributed by atoms with Crippen LogP contribution < -0.4 is 10.1 Å². The Bertz CT molecular complexity index is 859. The van der Waals surface area contributed by atoms with E-state index in [-0.39, 0.29) is 6.54 Å². The molecule has 0 saturated heterocycles. The van der Waals surface area contributed by atoms with E-state index in [2.05, 4.69) is 5.32 Å². The van der Waals surface area contributed by atoms with E-state index >= 15 is 0 Å². The van der Waals surface area contributed by atoms with Gasteiger partial charge in [-0.15, -0.1) is 0 Å². The third kappa shape index (κ3) is 6.99. The van der Waals surface area contributed by atoms with E-state index in [4.69, 9.17) is 9.47 Å². The third-order valence-corrected chi connectivity index (χ3v) is 3.94. The fraction of sp³-hybridized carbons (Fsp3) is 0.238. The van der Waals surface area contributed by atoms with E-state index in [1.54, 1.807) is 31.4 Å². The topological polar surface area (TPSA) is 64.6 Å². The summed E-state index contributed by atoms with van der Waals surface area (Å²) in [6.45, 7) is 1.68. The lowest BCUT2D eigenvalue weighted by atomic mass is 10.1. The number of esters is 1. The monoisotopic (exact) mass is 407 g/mol. The van der Waals surface area contributed by atoms with Gasteiger partial charge >= 0.3 is 12.1 Å². The molecule has 0 unspecified atom stereocenters. The van der Waals surface area contributed by atoms with Crippen LogP contribution in [0.5, 0.6) is 5.75 Å². The smallest absolute Gasteiger partial charge is 0.416 e. The minimum absolute atomic E-state index is 0.256. The van der Waals surface area contributed by atoms with Crippen LogP contribution in [0, 0.1) is 0 Å². The second-order valence-corrected chi connectivity index (χ2v) is 6.10.